The van der Waals surface area contributed by atoms with Crippen molar-refractivity contribution in [3.05, 3.63) is 77.9 Å². The molecule has 2 aliphatic rings. The van der Waals surface area contributed by atoms with Gasteiger partial charge in [0.1, 0.15) is 5.75 Å². The molecular weight excluding hydrogens is 320 g/mol. The van der Waals surface area contributed by atoms with Gasteiger partial charge in [-0.3, -0.25) is 4.90 Å². The molecule has 2 aromatic carbocycles. The van der Waals surface area contributed by atoms with Gasteiger partial charge in [-0.05, 0) is 37.4 Å². The van der Waals surface area contributed by atoms with E-state index in [2.05, 4.69) is 59.3 Å². The van der Waals surface area contributed by atoms with Gasteiger partial charge in [0, 0.05) is 24.7 Å². The van der Waals surface area contributed by atoms with E-state index < -0.39 is 0 Å². The molecule has 3 heteroatoms. The smallest absolute Gasteiger partial charge is 0.123 e. The van der Waals surface area contributed by atoms with Gasteiger partial charge in [-0.1, -0.05) is 60.7 Å². The van der Waals surface area contributed by atoms with Crippen LogP contribution in [-0.4, -0.2) is 31.1 Å². The van der Waals surface area contributed by atoms with Crippen LogP contribution in [0.1, 0.15) is 30.4 Å². The van der Waals surface area contributed by atoms with Crippen LogP contribution in [0.15, 0.2) is 66.7 Å². The van der Waals surface area contributed by atoms with Crippen molar-refractivity contribution in [2.75, 3.05) is 20.2 Å². The Labute approximate surface area is 156 Å². The third kappa shape index (κ3) is 2.95. The standard InChI is InChI=1S/C23H28N2O/c1-18-15-23(20-10-4-3-5-11-20)22(13-8-14-25(23)17-18)24-16-19-9-6-7-12-21(19)26-2/h3-7,9-12,22,24H,1,8,13-17H2,2H3/t22?,23-/m0/s1. The Kier molecular flexibility index (Phi) is 4.84. The van der Waals surface area contributed by atoms with Crippen LogP contribution < -0.4 is 10.1 Å². The Morgan fingerprint density at radius 3 is 2.73 bits per heavy atom. The fourth-order valence-corrected chi connectivity index (χ4v) is 4.87. The molecule has 0 radical (unpaired) electrons. The summed E-state index contributed by atoms with van der Waals surface area (Å²) in [5.41, 5.74) is 4.00. The molecule has 2 saturated heterocycles. The van der Waals surface area contributed by atoms with Gasteiger partial charge in [-0.2, -0.15) is 0 Å². The van der Waals surface area contributed by atoms with Gasteiger partial charge in [0.25, 0.3) is 0 Å². The van der Waals surface area contributed by atoms with E-state index in [4.69, 9.17) is 4.74 Å². The Morgan fingerprint density at radius 2 is 1.92 bits per heavy atom. The molecule has 136 valence electrons. The zero-order valence-corrected chi connectivity index (χ0v) is 15.6. The Morgan fingerprint density at radius 1 is 1.15 bits per heavy atom. The summed E-state index contributed by atoms with van der Waals surface area (Å²) in [6.07, 6.45) is 3.46. The monoisotopic (exact) mass is 348 g/mol. The van der Waals surface area contributed by atoms with Crippen molar-refractivity contribution in [2.24, 2.45) is 0 Å². The van der Waals surface area contributed by atoms with Crippen molar-refractivity contribution in [3.8, 4) is 5.75 Å². The molecule has 0 aromatic heterocycles. The normalized spacial score (nSPS) is 25.9. The van der Waals surface area contributed by atoms with Crippen LogP contribution in [0, 0.1) is 0 Å². The van der Waals surface area contributed by atoms with Gasteiger partial charge in [0.05, 0.1) is 12.6 Å². The van der Waals surface area contributed by atoms with Crippen molar-refractivity contribution < 1.29 is 4.74 Å². The minimum Gasteiger partial charge on any atom is -0.496 e. The van der Waals surface area contributed by atoms with Gasteiger partial charge < -0.3 is 10.1 Å². The summed E-state index contributed by atoms with van der Waals surface area (Å²) < 4.78 is 5.53. The van der Waals surface area contributed by atoms with E-state index >= 15 is 0 Å². The van der Waals surface area contributed by atoms with Crippen LogP contribution in [0.3, 0.4) is 0 Å². The molecule has 4 rings (SSSR count). The fourth-order valence-electron chi connectivity index (χ4n) is 4.87. The van der Waals surface area contributed by atoms with Gasteiger partial charge in [0.2, 0.25) is 0 Å². The van der Waals surface area contributed by atoms with E-state index in [0.717, 1.165) is 31.8 Å². The maximum absolute atomic E-state index is 5.53. The van der Waals surface area contributed by atoms with Crippen molar-refractivity contribution in [3.63, 3.8) is 0 Å². The summed E-state index contributed by atoms with van der Waals surface area (Å²) in [6.45, 7) is 7.33. The zero-order valence-electron chi connectivity index (χ0n) is 15.6. The lowest BCUT2D eigenvalue weighted by molar-refractivity contribution is 0.0482. The number of ether oxygens (including phenoxy) is 1. The highest BCUT2D eigenvalue weighted by Gasteiger charge is 2.51. The highest BCUT2D eigenvalue weighted by atomic mass is 16.5. The molecule has 0 spiro atoms. The number of hydrogen-bond donors (Lipinski definition) is 1. The molecule has 0 aliphatic carbocycles. The number of nitrogens with one attached hydrogen (secondary N) is 1. The molecular formula is C23H28N2O. The Hall–Kier alpha value is -2.10. The second-order valence-corrected chi connectivity index (χ2v) is 7.53. The van der Waals surface area contributed by atoms with Gasteiger partial charge in [-0.15, -0.1) is 0 Å². The summed E-state index contributed by atoms with van der Waals surface area (Å²) in [5.74, 6) is 0.956. The SMILES string of the molecule is C=C1CN2CCCC(NCc3ccccc3OC)[C@@]2(c2ccccc2)C1. The van der Waals surface area contributed by atoms with Crippen LogP contribution in [0.5, 0.6) is 5.75 Å². The molecule has 0 amide bonds. The highest BCUT2D eigenvalue weighted by Crippen LogP contribution is 2.47. The number of rotatable bonds is 5. The average Bonchev–Trinajstić information content (AvgIpc) is 3.04. The first kappa shape index (κ1) is 17.3. The highest BCUT2D eigenvalue weighted by molar-refractivity contribution is 5.36. The van der Waals surface area contributed by atoms with Crippen LogP contribution >= 0.6 is 0 Å². The van der Waals surface area contributed by atoms with Crippen molar-refractivity contribution in [1.82, 2.24) is 10.2 Å². The number of hydrogen-bond acceptors (Lipinski definition) is 3. The molecule has 2 heterocycles. The van der Waals surface area contributed by atoms with E-state index in [1.165, 1.54) is 29.5 Å². The van der Waals surface area contributed by atoms with Crippen molar-refractivity contribution >= 4 is 0 Å². The second-order valence-electron chi connectivity index (χ2n) is 7.53. The topological polar surface area (TPSA) is 24.5 Å². The van der Waals surface area contributed by atoms with Gasteiger partial charge in [-0.25, -0.2) is 0 Å². The van der Waals surface area contributed by atoms with Crippen LogP contribution in [0.4, 0.5) is 0 Å². The summed E-state index contributed by atoms with van der Waals surface area (Å²) in [5, 5.41) is 3.88. The molecule has 3 nitrogen and oxygen atoms in total. The molecule has 0 bridgehead atoms. The molecule has 0 saturated carbocycles. The van der Waals surface area contributed by atoms with Crippen LogP contribution in [-0.2, 0) is 12.1 Å². The minimum absolute atomic E-state index is 0.0264. The van der Waals surface area contributed by atoms with E-state index in [9.17, 15) is 0 Å². The molecule has 2 fully saturated rings. The average molecular weight is 348 g/mol. The van der Waals surface area contributed by atoms with E-state index in [-0.39, 0.29) is 5.54 Å². The third-order valence-corrected chi connectivity index (χ3v) is 6.00. The molecule has 2 aliphatic heterocycles. The summed E-state index contributed by atoms with van der Waals surface area (Å²) in [4.78, 5) is 2.65. The lowest BCUT2D eigenvalue weighted by Gasteiger charge is -2.49. The largest absolute Gasteiger partial charge is 0.496 e. The number of methoxy groups -OCH3 is 1. The first-order valence-corrected chi connectivity index (χ1v) is 9.56. The molecule has 2 atom stereocenters. The van der Waals surface area contributed by atoms with Crippen molar-refractivity contribution in [1.29, 1.82) is 0 Å². The number of benzene rings is 2. The molecule has 26 heavy (non-hydrogen) atoms. The first-order chi connectivity index (χ1) is 12.7. The summed E-state index contributed by atoms with van der Waals surface area (Å²) in [7, 11) is 1.74. The second kappa shape index (κ2) is 7.26. The maximum Gasteiger partial charge on any atom is 0.123 e. The zero-order chi connectivity index (χ0) is 18.0. The van der Waals surface area contributed by atoms with Gasteiger partial charge in [0.15, 0.2) is 0 Å². The van der Waals surface area contributed by atoms with E-state index in [0.29, 0.717) is 6.04 Å². The Bertz CT molecular complexity index is 773. The van der Waals surface area contributed by atoms with Crippen molar-refractivity contribution in [2.45, 2.75) is 37.4 Å². The number of nitrogens with zero attached hydrogens (tertiary/aromatic N) is 1. The van der Waals surface area contributed by atoms with Crippen LogP contribution in [0.2, 0.25) is 0 Å². The number of fused-ring (bicyclic) bond motifs is 1. The predicted octanol–water partition coefficient (Wildman–Crippen LogP) is 4.10. The summed E-state index contributed by atoms with van der Waals surface area (Å²) in [6, 6.07) is 19.7. The van der Waals surface area contributed by atoms with Crippen LogP contribution in [0.25, 0.3) is 0 Å². The first-order valence-electron chi connectivity index (χ1n) is 9.56. The predicted molar refractivity (Wildman–Crippen MR) is 106 cm³/mol. The number of para-hydroxylation sites is 1. The van der Waals surface area contributed by atoms with E-state index in [1.807, 2.05) is 12.1 Å². The molecule has 1 unspecified atom stereocenters. The minimum atomic E-state index is 0.0264. The third-order valence-electron chi connectivity index (χ3n) is 6.00. The molecule has 1 N–H and O–H groups in total. The molecule has 2 aromatic rings. The van der Waals surface area contributed by atoms with E-state index in [1.54, 1.807) is 7.11 Å². The lowest BCUT2D eigenvalue weighted by atomic mass is 9.75. The fraction of sp³-hybridized carbons (Fsp3) is 0.391. The maximum atomic E-state index is 5.53. The quantitative estimate of drug-likeness (QED) is 0.823. The van der Waals surface area contributed by atoms with Gasteiger partial charge >= 0.3 is 0 Å². The Balaban J connectivity index is 1.64. The lowest BCUT2D eigenvalue weighted by Crippen LogP contribution is -2.58. The number of piperidine rings is 1. The summed E-state index contributed by atoms with van der Waals surface area (Å²) >= 11 is 0.